The molecule has 1 aromatic heterocycles. The summed E-state index contributed by atoms with van der Waals surface area (Å²) in [7, 11) is 0. The fraction of sp³-hybridized carbons (Fsp3) is 0.136. The van der Waals surface area contributed by atoms with Gasteiger partial charge in [0, 0.05) is 23.2 Å². The summed E-state index contributed by atoms with van der Waals surface area (Å²) in [4.78, 5) is 29.6. The highest BCUT2D eigenvalue weighted by atomic mass is 35.5. The highest BCUT2D eigenvalue weighted by Crippen LogP contribution is 2.12. The van der Waals surface area contributed by atoms with Crippen molar-refractivity contribution in [2.24, 2.45) is 0 Å². The van der Waals surface area contributed by atoms with Crippen molar-refractivity contribution >= 4 is 29.2 Å². The molecule has 0 aliphatic carbocycles. The van der Waals surface area contributed by atoms with E-state index >= 15 is 0 Å². The molecular formula is C22H20ClN3O2. The minimum atomic E-state index is -0.757. The van der Waals surface area contributed by atoms with Crippen LogP contribution >= 0.6 is 11.6 Å². The Hall–Kier alpha value is -3.18. The van der Waals surface area contributed by atoms with Gasteiger partial charge in [0.25, 0.3) is 5.91 Å². The predicted octanol–water partition coefficient (Wildman–Crippen LogP) is 4.02. The van der Waals surface area contributed by atoms with Crippen LogP contribution in [-0.4, -0.2) is 22.8 Å². The number of nitrogens with zero attached hydrogens (tertiary/aromatic N) is 1. The van der Waals surface area contributed by atoms with Crippen molar-refractivity contribution in [2.45, 2.75) is 19.4 Å². The minimum absolute atomic E-state index is 0.329. The van der Waals surface area contributed by atoms with Gasteiger partial charge in [0.05, 0.1) is 0 Å². The number of rotatable bonds is 6. The van der Waals surface area contributed by atoms with Gasteiger partial charge in [-0.1, -0.05) is 41.9 Å². The molecule has 2 aromatic carbocycles. The van der Waals surface area contributed by atoms with E-state index in [4.69, 9.17) is 11.6 Å². The fourth-order valence-electron chi connectivity index (χ4n) is 2.72. The Labute approximate surface area is 168 Å². The van der Waals surface area contributed by atoms with Crippen LogP contribution in [0.1, 0.15) is 21.5 Å². The Morgan fingerprint density at radius 2 is 1.75 bits per heavy atom. The smallest absolute Gasteiger partial charge is 0.251 e. The van der Waals surface area contributed by atoms with Crippen LogP contribution in [0.5, 0.6) is 0 Å². The quantitative estimate of drug-likeness (QED) is 0.664. The number of aromatic nitrogens is 1. The van der Waals surface area contributed by atoms with Crippen molar-refractivity contribution in [3.63, 3.8) is 0 Å². The lowest BCUT2D eigenvalue weighted by Crippen LogP contribution is -2.45. The Bertz CT molecular complexity index is 959. The maximum absolute atomic E-state index is 12.9. The zero-order valence-corrected chi connectivity index (χ0v) is 16.1. The topological polar surface area (TPSA) is 71.1 Å². The first-order valence-corrected chi connectivity index (χ1v) is 9.23. The Balaban J connectivity index is 1.78. The summed E-state index contributed by atoms with van der Waals surface area (Å²) >= 11 is 5.88. The van der Waals surface area contributed by atoms with E-state index in [1.54, 1.807) is 36.5 Å². The number of halogens is 1. The summed E-state index contributed by atoms with van der Waals surface area (Å²) < 4.78 is 0. The zero-order chi connectivity index (χ0) is 19.9. The summed E-state index contributed by atoms with van der Waals surface area (Å²) in [6.07, 6.45) is 1.99. The lowest BCUT2D eigenvalue weighted by molar-refractivity contribution is -0.118. The highest BCUT2D eigenvalue weighted by Gasteiger charge is 2.22. The van der Waals surface area contributed by atoms with Crippen molar-refractivity contribution in [3.05, 3.63) is 94.6 Å². The summed E-state index contributed by atoms with van der Waals surface area (Å²) in [5.74, 6) is -0.224. The Morgan fingerprint density at radius 1 is 1.04 bits per heavy atom. The number of nitrogens with one attached hydrogen (secondary N) is 2. The minimum Gasteiger partial charge on any atom is -0.340 e. The number of carbonyl (C=O) groups excluding carboxylic acids is 2. The van der Waals surface area contributed by atoms with Gasteiger partial charge in [0.2, 0.25) is 5.91 Å². The molecule has 2 amide bonds. The first-order chi connectivity index (χ1) is 13.5. The van der Waals surface area contributed by atoms with Crippen LogP contribution in [0, 0.1) is 6.92 Å². The maximum atomic E-state index is 12.9. The highest BCUT2D eigenvalue weighted by molar-refractivity contribution is 6.30. The van der Waals surface area contributed by atoms with Crippen molar-refractivity contribution in [1.82, 2.24) is 10.3 Å². The monoisotopic (exact) mass is 393 g/mol. The van der Waals surface area contributed by atoms with E-state index in [2.05, 4.69) is 15.6 Å². The second kappa shape index (κ2) is 9.15. The molecule has 1 heterocycles. The molecule has 5 nitrogen and oxygen atoms in total. The van der Waals surface area contributed by atoms with E-state index in [-0.39, 0.29) is 11.8 Å². The molecule has 0 aliphatic rings. The molecule has 0 bridgehead atoms. The average molecular weight is 394 g/mol. The van der Waals surface area contributed by atoms with Crippen LogP contribution < -0.4 is 10.6 Å². The van der Waals surface area contributed by atoms with Gasteiger partial charge in [0.1, 0.15) is 11.9 Å². The van der Waals surface area contributed by atoms with Crippen molar-refractivity contribution in [1.29, 1.82) is 0 Å². The van der Waals surface area contributed by atoms with Crippen molar-refractivity contribution in [2.75, 3.05) is 5.32 Å². The normalized spacial score (nSPS) is 11.5. The maximum Gasteiger partial charge on any atom is 0.251 e. The van der Waals surface area contributed by atoms with Crippen LogP contribution in [-0.2, 0) is 11.2 Å². The van der Waals surface area contributed by atoms with Crippen LogP contribution in [0.2, 0.25) is 5.02 Å². The number of aryl methyl sites for hydroxylation is 1. The van der Waals surface area contributed by atoms with E-state index < -0.39 is 6.04 Å². The second-order valence-electron chi connectivity index (χ2n) is 6.43. The van der Waals surface area contributed by atoms with E-state index in [0.29, 0.717) is 22.8 Å². The molecule has 6 heteroatoms. The van der Waals surface area contributed by atoms with Crippen LogP contribution in [0.4, 0.5) is 5.82 Å². The molecule has 0 saturated heterocycles. The van der Waals surface area contributed by atoms with Gasteiger partial charge in [-0.15, -0.1) is 0 Å². The van der Waals surface area contributed by atoms with E-state index in [1.807, 2.05) is 43.3 Å². The molecular weight excluding hydrogens is 374 g/mol. The van der Waals surface area contributed by atoms with Gasteiger partial charge < -0.3 is 10.6 Å². The Kier molecular flexibility index (Phi) is 6.40. The lowest BCUT2D eigenvalue weighted by atomic mass is 10.0. The molecule has 1 unspecified atom stereocenters. The molecule has 2 N–H and O–H groups in total. The van der Waals surface area contributed by atoms with E-state index in [0.717, 1.165) is 11.1 Å². The molecule has 0 spiro atoms. The van der Waals surface area contributed by atoms with E-state index in [1.165, 1.54) is 0 Å². The third kappa shape index (κ3) is 5.41. The van der Waals surface area contributed by atoms with Crippen molar-refractivity contribution < 1.29 is 9.59 Å². The largest absolute Gasteiger partial charge is 0.340 e. The number of anilines is 1. The standard InChI is InChI=1S/C22H20ClN3O2/c1-15-11-12-24-20(13-15)26-22(28)19(14-16-5-3-2-4-6-16)25-21(27)17-7-9-18(23)10-8-17/h2-13,19H,14H2,1H3,(H,25,27)(H,24,26,28). The van der Waals surface area contributed by atoms with E-state index in [9.17, 15) is 9.59 Å². The number of hydrogen-bond acceptors (Lipinski definition) is 3. The first-order valence-electron chi connectivity index (χ1n) is 8.85. The summed E-state index contributed by atoms with van der Waals surface area (Å²) in [6, 6.07) is 18.9. The number of benzene rings is 2. The van der Waals surface area contributed by atoms with Crippen LogP contribution in [0.25, 0.3) is 0 Å². The van der Waals surface area contributed by atoms with Gasteiger partial charge in [-0.3, -0.25) is 9.59 Å². The van der Waals surface area contributed by atoms with Crippen LogP contribution in [0.15, 0.2) is 72.9 Å². The number of pyridine rings is 1. The van der Waals surface area contributed by atoms with Gasteiger partial charge >= 0.3 is 0 Å². The Morgan fingerprint density at radius 3 is 2.43 bits per heavy atom. The molecule has 3 rings (SSSR count). The fourth-order valence-corrected chi connectivity index (χ4v) is 2.85. The van der Waals surface area contributed by atoms with Gasteiger partial charge in [-0.2, -0.15) is 0 Å². The summed E-state index contributed by atoms with van der Waals surface area (Å²) in [6.45, 7) is 1.92. The summed E-state index contributed by atoms with van der Waals surface area (Å²) in [5, 5.41) is 6.14. The molecule has 0 aliphatic heterocycles. The predicted molar refractivity (Wildman–Crippen MR) is 110 cm³/mol. The van der Waals surface area contributed by atoms with Gasteiger partial charge in [0.15, 0.2) is 0 Å². The second-order valence-corrected chi connectivity index (χ2v) is 6.87. The van der Waals surface area contributed by atoms with Gasteiger partial charge in [-0.25, -0.2) is 4.98 Å². The van der Waals surface area contributed by atoms with Gasteiger partial charge in [-0.05, 0) is 54.4 Å². The number of amides is 2. The lowest BCUT2D eigenvalue weighted by Gasteiger charge is -2.19. The molecule has 142 valence electrons. The van der Waals surface area contributed by atoms with Crippen LogP contribution in [0.3, 0.4) is 0 Å². The zero-order valence-electron chi connectivity index (χ0n) is 15.4. The molecule has 0 fully saturated rings. The first kappa shape index (κ1) is 19.6. The number of hydrogen-bond donors (Lipinski definition) is 2. The molecule has 28 heavy (non-hydrogen) atoms. The third-order valence-electron chi connectivity index (χ3n) is 4.18. The summed E-state index contributed by atoms with van der Waals surface area (Å²) in [5.41, 5.74) is 2.36. The molecule has 0 saturated carbocycles. The third-order valence-corrected chi connectivity index (χ3v) is 4.43. The number of carbonyl (C=O) groups is 2. The average Bonchev–Trinajstić information content (AvgIpc) is 2.68. The molecule has 3 aromatic rings. The molecule has 1 atom stereocenters. The molecule has 0 radical (unpaired) electrons. The van der Waals surface area contributed by atoms with Crippen molar-refractivity contribution in [3.8, 4) is 0 Å². The SMILES string of the molecule is Cc1ccnc(NC(=O)C(Cc2ccccc2)NC(=O)c2ccc(Cl)cc2)c1.